The number of likely N-dealkylation sites (N-methyl/N-ethyl adjacent to an activating group) is 1. The largest absolute Gasteiger partial charge is 0.355 e. The standard InChI is InChI=1S/C16H30ClN5.HI/c1-7-22(8-2)13(3)10-19-16(18-4)21(6)12-15-9-14(17)11-20(15)5;/h9,11,13H,7-8,10,12H2,1-6H3,(H,18,19);1H. The SMILES string of the molecule is CCN(CC)C(C)CNC(=NC)N(C)Cc1cc(Cl)cn1C.I. The summed E-state index contributed by atoms with van der Waals surface area (Å²) in [7, 11) is 5.87. The highest BCUT2D eigenvalue weighted by Gasteiger charge is 2.13. The van der Waals surface area contributed by atoms with Crippen molar-refractivity contribution in [1.29, 1.82) is 0 Å². The summed E-state index contributed by atoms with van der Waals surface area (Å²) in [5.41, 5.74) is 1.16. The van der Waals surface area contributed by atoms with E-state index in [1.165, 1.54) is 0 Å². The van der Waals surface area contributed by atoms with Crippen LogP contribution in [0.1, 0.15) is 26.5 Å². The van der Waals surface area contributed by atoms with Gasteiger partial charge in [-0.05, 0) is 26.1 Å². The molecule has 1 aromatic rings. The van der Waals surface area contributed by atoms with Gasteiger partial charge >= 0.3 is 0 Å². The molecule has 1 aromatic heterocycles. The van der Waals surface area contributed by atoms with Crippen LogP contribution in [0.15, 0.2) is 17.3 Å². The van der Waals surface area contributed by atoms with Crippen molar-refractivity contribution in [3.05, 3.63) is 23.0 Å². The molecule has 0 aliphatic heterocycles. The van der Waals surface area contributed by atoms with Gasteiger partial charge in [0.15, 0.2) is 5.96 Å². The van der Waals surface area contributed by atoms with Crippen LogP contribution in [0.5, 0.6) is 0 Å². The van der Waals surface area contributed by atoms with Gasteiger partial charge in [0, 0.05) is 45.6 Å². The lowest BCUT2D eigenvalue weighted by Crippen LogP contribution is -2.46. The second kappa shape index (κ2) is 11.1. The van der Waals surface area contributed by atoms with Crippen molar-refractivity contribution in [2.24, 2.45) is 12.0 Å². The van der Waals surface area contributed by atoms with Crippen molar-refractivity contribution in [3.8, 4) is 0 Å². The minimum atomic E-state index is 0. The first-order valence-electron chi connectivity index (χ1n) is 7.89. The molecule has 1 N–H and O–H groups in total. The van der Waals surface area contributed by atoms with E-state index >= 15 is 0 Å². The van der Waals surface area contributed by atoms with Gasteiger partial charge in [-0.1, -0.05) is 25.4 Å². The highest BCUT2D eigenvalue weighted by molar-refractivity contribution is 14.0. The molecule has 0 bridgehead atoms. The summed E-state index contributed by atoms with van der Waals surface area (Å²) in [5.74, 6) is 0.899. The van der Waals surface area contributed by atoms with E-state index in [1.807, 2.05) is 38.0 Å². The van der Waals surface area contributed by atoms with E-state index in [1.54, 1.807) is 0 Å². The topological polar surface area (TPSA) is 35.8 Å². The second-order valence-electron chi connectivity index (χ2n) is 5.61. The third-order valence-electron chi connectivity index (χ3n) is 4.04. The van der Waals surface area contributed by atoms with Gasteiger partial charge in [0.05, 0.1) is 11.6 Å². The first-order chi connectivity index (χ1) is 10.4. The highest BCUT2D eigenvalue weighted by Crippen LogP contribution is 2.14. The Bertz CT molecular complexity index is 485. The van der Waals surface area contributed by atoms with E-state index in [9.17, 15) is 0 Å². The quantitative estimate of drug-likeness (QED) is 0.390. The summed E-state index contributed by atoms with van der Waals surface area (Å²) >= 11 is 6.04. The number of hydrogen-bond acceptors (Lipinski definition) is 2. The zero-order valence-electron chi connectivity index (χ0n) is 15.1. The molecular weight excluding hydrogens is 425 g/mol. The Kier molecular flexibility index (Phi) is 10.9. The molecule has 7 heteroatoms. The lowest BCUT2D eigenvalue weighted by molar-refractivity contribution is 0.230. The van der Waals surface area contributed by atoms with Crippen LogP contribution in [0.3, 0.4) is 0 Å². The average Bonchev–Trinajstić information content (AvgIpc) is 2.78. The fourth-order valence-corrected chi connectivity index (χ4v) is 2.91. The molecule has 1 rings (SSSR count). The van der Waals surface area contributed by atoms with Crippen LogP contribution in [0.2, 0.25) is 5.02 Å². The van der Waals surface area contributed by atoms with E-state index in [0.717, 1.165) is 42.9 Å². The summed E-state index contributed by atoms with van der Waals surface area (Å²) < 4.78 is 2.05. The van der Waals surface area contributed by atoms with E-state index in [4.69, 9.17) is 11.6 Å². The number of aromatic nitrogens is 1. The van der Waals surface area contributed by atoms with E-state index < -0.39 is 0 Å². The second-order valence-corrected chi connectivity index (χ2v) is 6.05. The van der Waals surface area contributed by atoms with E-state index in [2.05, 4.69) is 40.9 Å². The van der Waals surface area contributed by atoms with E-state index in [-0.39, 0.29) is 24.0 Å². The van der Waals surface area contributed by atoms with Crippen molar-refractivity contribution in [2.45, 2.75) is 33.4 Å². The lowest BCUT2D eigenvalue weighted by atomic mass is 10.3. The summed E-state index contributed by atoms with van der Waals surface area (Å²) in [5, 5.41) is 4.22. The molecular formula is C16H31ClIN5. The van der Waals surface area contributed by atoms with Crippen LogP contribution in [0.4, 0.5) is 0 Å². The van der Waals surface area contributed by atoms with Gasteiger partial charge in [0.2, 0.25) is 0 Å². The minimum Gasteiger partial charge on any atom is -0.355 e. The first kappa shape index (κ1) is 22.5. The number of aryl methyl sites for hydroxylation is 1. The van der Waals surface area contributed by atoms with Crippen molar-refractivity contribution in [2.75, 3.05) is 33.7 Å². The Morgan fingerprint density at radius 2 is 2.00 bits per heavy atom. The summed E-state index contributed by atoms with van der Waals surface area (Å²) in [6.07, 6.45) is 1.92. The molecule has 23 heavy (non-hydrogen) atoms. The van der Waals surface area contributed by atoms with Crippen molar-refractivity contribution in [3.63, 3.8) is 0 Å². The maximum absolute atomic E-state index is 6.04. The maximum atomic E-state index is 6.04. The number of hydrogen-bond donors (Lipinski definition) is 1. The molecule has 0 aromatic carbocycles. The Hall–Kier alpha value is -0.470. The average molecular weight is 456 g/mol. The Morgan fingerprint density at radius 3 is 2.43 bits per heavy atom. The normalized spacial score (nSPS) is 13.0. The minimum absolute atomic E-state index is 0. The third-order valence-corrected chi connectivity index (χ3v) is 4.25. The molecule has 0 aliphatic carbocycles. The first-order valence-corrected chi connectivity index (χ1v) is 8.27. The molecule has 0 radical (unpaired) electrons. The molecule has 1 heterocycles. The van der Waals surface area contributed by atoms with Gasteiger partial charge in [0.1, 0.15) is 0 Å². The molecule has 134 valence electrons. The van der Waals surface area contributed by atoms with Crippen LogP contribution in [-0.4, -0.2) is 60.1 Å². The smallest absolute Gasteiger partial charge is 0.193 e. The molecule has 0 amide bonds. The van der Waals surface area contributed by atoms with Crippen LogP contribution in [0, 0.1) is 0 Å². The molecule has 0 saturated heterocycles. The predicted molar refractivity (Wildman–Crippen MR) is 111 cm³/mol. The summed E-state index contributed by atoms with van der Waals surface area (Å²) in [4.78, 5) is 8.91. The molecule has 0 fully saturated rings. The number of rotatable bonds is 7. The lowest BCUT2D eigenvalue weighted by Gasteiger charge is -2.29. The van der Waals surface area contributed by atoms with Crippen molar-refractivity contribution in [1.82, 2.24) is 19.7 Å². The molecule has 0 aliphatic rings. The molecule has 1 unspecified atom stereocenters. The number of nitrogens with zero attached hydrogens (tertiary/aromatic N) is 4. The third kappa shape index (κ3) is 6.89. The zero-order valence-corrected chi connectivity index (χ0v) is 18.2. The van der Waals surface area contributed by atoms with Crippen molar-refractivity contribution < 1.29 is 0 Å². The Balaban J connectivity index is 0.00000484. The summed E-state index contributed by atoms with van der Waals surface area (Å²) in [6, 6.07) is 2.47. The molecule has 0 saturated carbocycles. The maximum Gasteiger partial charge on any atom is 0.193 e. The van der Waals surface area contributed by atoms with Crippen LogP contribution >= 0.6 is 35.6 Å². The molecule has 0 spiro atoms. The van der Waals surface area contributed by atoms with Gasteiger partial charge in [0.25, 0.3) is 0 Å². The number of nitrogens with one attached hydrogen (secondary N) is 1. The fraction of sp³-hybridized carbons (Fsp3) is 0.688. The Labute approximate surface area is 163 Å². The summed E-state index contributed by atoms with van der Waals surface area (Å²) in [6.45, 7) is 10.4. The van der Waals surface area contributed by atoms with Crippen LogP contribution < -0.4 is 5.32 Å². The van der Waals surface area contributed by atoms with Crippen molar-refractivity contribution >= 4 is 41.5 Å². The fourth-order valence-electron chi connectivity index (χ4n) is 2.64. The number of aliphatic imine (C=N–C) groups is 1. The van der Waals surface area contributed by atoms with Crippen LogP contribution in [0.25, 0.3) is 0 Å². The molecule has 1 atom stereocenters. The van der Waals surface area contributed by atoms with Gasteiger partial charge in [-0.15, -0.1) is 24.0 Å². The monoisotopic (exact) mass is 455 g/mol. The number of guanidine groups is 1. The van der Waals surface area contributed by atoms with E-state index in [0.29, 0.717) is 6.04 Å². The Morgan fingerprint density at radius 1 is 1.39 bits per heavy atom. The van der Waals surface area contributed by atoms with Gasteiger partial charge in [-0.3, -0.25) is 9.89 Å². The predicted octanol–water partition coefficient (Wildman–Crippen LogP) is 3.03. The van der Waals surface area contributed by atoms with Gasteiger partial charge in [-0.2, -0.15) is 0 Å². The zero-order chi connectivity index (χ0) is 16.7. The highest BCUT2D eigenvalue weighted by atomic mass is 127. The number of halogens is 2. The van der Waals surface area contributed by atoms with Crippen LogP contribution in [-0.2, 0) is 13.6 Å². The van der Waals surface area contributed by atoms with Gasteiger partial charge < -0.3 is 14.8 Å². The van der Waals surface area contributed by atoms with Gasteiger partial charge in [-0.25, -0.2) is 0 Å². The molecule has 5 nitrogen and oxygen atoms in total.